The van der Waals surface area contributed by atoms with Crippen LogP contribution in [-0.4, -0.2) is 17.6 Å². The van der Waals surface area contributed by atoms with Crippen LogP contribution in [0.5, 0.6) is 0 Å². The maximum Gasteiger partial charge on any atom is 0.360 e. The van der Waals surface area contributed by atoms with Crippen molar-refractivity contribution in [2.75, 3.05) is 6.61 Å². The zero-order valence-corrected chi connectivity index (χ0v) is 7.87. The third kappa shape index (κ3) is 2.89. The molecule has 0 N–H and O–H groups in total. The van der Waals surface area contributed by atoms with Crippen LogP contribution in [0, 0.1) is 6.92 Å². The number of hydrogen-bond acceptors (Lipinski definition) is 4. The molecule has 0 radical (unpaired) electrons. The monoisotopic (exact) mass is 183 g/mol. The smallest absolute Gasteiger partial charge is 0.360 e. The minimum atomic E-state index is -0.412. The van der Waals surface area contributed by atoms with E-state index in [0.29, 0.717) is 12.5 Å². The van der Waals surface area contributed by atoms with E-state index >= 15 is 0 Å². The number of aromatic nitrogens is 1. The summed E-state index contributed by atoms with van der Waals surface area (Å²) in [5.41, 5.74) is 0.244. The van der Waals surface area contributed by atoms with Gasteiger partial charge >= 0.3 is 5.97 Å². The molecule has 0 aliphatic rings. The third-order valence-corrected chi connectivity index (χ3v) is 1.56. The van der Waals surface area contributed by atoms with Gasteiger partial charge in [0.1, 0.15) is 6.26 Å². The Labute approximate surface area is 76.9 Å². The number of esters is 1. The van der Waals surface area contributed by atoms with Crippen molar-refractivity contribution in [2.45, 2.75) is 26.7 Å². The Hall–Kier alpha value is -1.32. The SMILES string of the molecule is CCCCOC(=O)c1coc(C)n1. The van der Waals surface area contributed by atoms with Crippen LogP contribution in [0.3, 0.4) is 0 Å². The lowest BCUT2D eigenvalue weighted by molar-refractivity contribution is 0.0493. The van der Waals surface area contributed by atoms with Crippen molar-refractivity contribution in [2.24, 2.45) is 0 Å². The summed E-state index contributed by atoms with van der Waals surface area (Å²) in [4.78, 5) is 15.0. The fourth-order valence-corrected chi connectivity index (χ4v) is 0.840. The molecule has 1 rings (SSSR count). The van der Waals surface area contributed by atoms with Crippen molar-refractivity contribution in [3.05, 3.63) is 17.8 Å². The molecule has 0 aromatic carbocycles. The van der Waals surface area contributed by atoms with Gasteiger partial charge < -0.3 is 9.15 Å². The summed E-state index contributed by atoms with van der Waals surface area (Å²) in [6.45, 7) is 4.16. The van der Waals surface area contributed by atoms with Gasteiger partial charge in [-0.2, -0.15) is 0 Å². The number of rotatable bonds is 4. The average Bonchev–Trinajstić information content (AvgIpc) is 2.52. The molecule has 1 aromatic rings. The highest BCUT2D eigenvalue weighted by molar-refractivity contribution is 5.86. The van der Waals surface area contributed by atoms with Crippen LogP contribution < -0.4 is 0 Å². The Kier molecular flexibility index (Phi) is 3.49. The van der Waals surface area contributed by atoms with Crippen molar-refractivity contribution in [1.82, 2.24) is 4.98 Å². The fourth-order valence-electron chi connectivity index (χ4n) is 0.840. The zero-order valence-electron chi connectivity index (χ0n) is 7.87. The molecule has 4 nitrogen and oxygen atoms in total. The summed E-state index contributed by atoms with van der Waals surface area (Å²) in [7, 11) is 0. The molecule has 0 unspecified atom stereocenters. The Morgan fingerprint density at radius 1 is 1.69 bits per heavy atom. The van der Waals surface area contributed by atoms with Crippen LogP contribution in [0.15, 0.2) is 10.7 Å². The molecule has 1 aromatic heterocycles. The van der Waals surface area contributed by atoms with E-state index in [4.69, 9.17) is 9.15 Å². The van der Waals surface area contributed by atoms with Gasteiger partial charge in [0, 0.05) is 6.92 Å². The van der Waals surface area contributed by atoms with Crippen LogP contribution in [0.2, 0.25) is 0 Å². The Morgan fingerprint density at radius 3 is 3.00 bits per heavy atom. The lowest BCUT2D eigenvalue weighted by atomic mass is 10.4. The predicted molar refractivity (Wildman–Crippen MR) is 46.4 cm³/mol. The normalized spacial score (nSPS) is 10.0. The van der Waals surface area contributed by atoms with Gasteiger partial charge in [-0.05, 0) is 6.42 Å². The van der Waals surface area contributed by atoms with Gasteiger partial charge in [-0.15, -0.1) is 0 Å². The van der Waals surface area contributed by atoms with Crippen molar-refractivity contribution in [3.8, 4) is 0 Å². The lowest BCUT2D eigenvalue weighted by Crippen LogP contribution is -2.06. The van der Waals surface area contributed by atoms with Crippen molar-refractivity contribution >= 4 is 5.97 Å². The highest BCUT2D eigenvalue weighted by Gasteiger charge is 2.10. The molecule has 0 amide bonds. The number of unbranched alkanes of at least 4 members (excludes halogenated alkanes) is 1. The van der Waals surface area contributed by atoms with Gasteiger partial charge in [0.2, 0.25) is 0 Å². The number of carbonyl (C=O) groups excluding carboxylic acids is 1. The van der Waals surface area contributed by atoms with Crippen LogP contribution in [0.1, 0.15) is 36.1 Å². The van der Waals surface area contributed by atoms with Gasteiger partial charge in [-0.25, -0.2) is 9.78 Å². The number of ether oxygens (including phenoxy) is 1. The van der Waals surface area contributed by atoms with Gasteiger partial charge in [0.15, 0.2) is 11.6 Å². The highest BCUT2D eigenvalue weighted by atomic mass is 16.5. The number of nitrogens with zero attached hydrogens (tertiary/aromatic N) is 1. The summed E-state index contributed by atoms with van der Waals surface area (Å²) >= 11 is 0. The molecule has 72 valence electrons. The van der Waals surface area contributed by atoms with Crippen molar-refractivity contribution in [3.63, 3.8) is 0 Å². The van der Waals surface area contributed by atoms with E-state index in [1.165, 1.54) is 6.26 Å². The molecule has 0 spiro atoms. The first-order valence-corrected chi connectivity index (χ1v) is 4.33. The third-order valence-electron chi connectivity index (χ3n) is 1.56. The maximum atomic E-state index is 11.2. The van der Waals surface area contributed by atoms with E-state index in [0.717, 1.165) is 12.8 Å². The predicted octanol–water partition coefficient (Wildman–Crippen LogP) is 1.94. The Morgan fingerprint density at radius 2 is 2.46 bits per heavy atom. The van der Waals surface area contributed by atoms with E-state index in [9.17, 15) is 4.79 Å². The highest BCUT2D eigenvalue weighted by Crippen LogP contribution is 2.02. The number of aryl methyl sites for hydroxylation is 1. The molecule has 0 aliphatic carbocycles. The molecule has 0 bridgehead atoms. The molecule has 1 heterocycles. The summed E-state index contributed by atoms with van der Waals surface area (Å²) < 4.78 is 9.80. The molecule has 0 saturated carbocycles. The molecular formula is C9H13NO3. The quantitative estimate of drug-likeness (QED) is 0.528. The molecule has 0 aliphatic heterocycles. The van der Waals surface area contributed by atoms with E-state index < -0.39 is 5.97 Å². The second-order valence-electron chi connectivity index (χ2n) is 2.74. The molecule has 13 heavy (non-hydrogen) atoms. The maximum absolute atomic E-state index is 11.2. The van der Waals surface area contributed by atoms with E-state index in [2.05, 4.69) is 4.98 Å². The largest absolute Gasteiger partial charge is 0.461 e. The molecule has 0 atom stereocenters. The van der Waals surface area contributed by atoms with Crippen LogP contribution >= 0.6 is 0 Å². The molecule has 0 fully saturated rings. The van der Waals surface area contributed by atoms with E-state index in [1.54, 1.807) is 6.92 Å². The standard InChI is InChI=1S/C9H13NO3/c1-3-4-5-12-9(11)8-6-13-7(2)10-8/h6H,3-5H2,1-2H3. The Balaban J connectivity index is 2.40. The molecule has 0 saturated heterocycles. The summed E-state index contributed by atoms with van der Waals surface area (Å²) in [6, 6.07) is 0. The number of oxazole rings is 1. The Bertz CT molecular complexity index is 280. The minimum Gasteiger partial charge on any atom is -0.461 e. The zero-order chi connectivity index (χ0) is 9.68. The average molecular weight is 183 g/mol. The van der Waals surface area contributed by atoms with Crippen LogP contribution in [0.25, 0.3) is 0 Å². The van der Waals surface area contributed by atoms with Gasteiger partial charge in [0.25, 0.3) is 0 Å². The first-order chi connectivity index (χ1) is 6.24. The summed E-state index contributed by atoms with van der Waals surface area (Å²) in [6.07, 6.45) is 3.19. The summed E-state index contributed by atoms with van der Waals surface area (Å²) in [5, 5.41) is 0. The van der Waals surface area contributed by atoms with Gasteiger partial charge in [0.05, 0.1) is 6.61 Å². The number of carbonyl (C=O) groups is 1. The van der Waals surface area contributed by atoms with E-state index in [-0.39, 0.29) is 5.69 Å². The molecule has 4 heteroatoms. The van der Waals surface area contributed by atoms with Crippen molar-refractivity contribution < 1.29 is 13.9 Å². The van der Waals surface area contributed by atoms with E-state index in [1.807, 2.05) is 6.92 Å². The minimum absolute atomic E-state index is 0.244. The summed E-state index contributed by atoms with van der Waals surface area (Å²) in [5.74, 6) is 0.0627. The van der Waals surface area contributed by atoms with Gasteiger partial charge in [-0.1, -0.05) is 13.3 Å². The second kappa shape index (κ2) is 4.64. The van der Waals surface area contributed by atoms with Crippen LogP contribution in [0.4, 0.5) is 0 Å². The fraction of sp³-hybridized carbons (Fsp3) is 0.556. The first-order valence-electron chi connectivity index (χ1n) is 4.33. The first kappa shape index (κ1) is 9.77. The van der Waals surface area contributed by atoms with Gasteiger partial charge in [-0.3, -0.25) is 0 Å². The number of hydrogen-bond donors (Lipinski definition) is 0. The van der Waals surface area contributed by atoms with Crippen molar-refractivity contribution in [1.29, 1.82) is 0 Å². The lowest BCUT2D eigenvalue weighted by Gasteiger charge is -1.99. The topological polar surface area (TPSA) is 52.3 Å². The second-order valence-corrected chi connectivity index (χ2v) is 2.74. The van der Waals surface area contributed by atoms with Crippen LogP contribution in [-0.2, 0) is 4.74 Å². The molecular weight excluding hydrogens is 170 g/mol.